The monoisotopic (exact) mass is 325 g/mol. The fourth-order valence-corrected chi connectivity index (χ4v) is 2.18. The minimum Gasteiger partial charge on any atom is -0.394 e. The van der Waals surface area contributed by atoms with Gasteiger partial charge in [-0.25, -0.2) is 4.98 Å². The zero-order valence-corrected chi connectivity index (χ0v) is 12.0. The van der Waals surface area contributed by atoms with E-state index in [4.69, 9.17) is 0 Å². The van der Waals surface area contributed by atoms with Crippen LogP contribution >= 0.6 is 15.9 Å². The summed E-state index contributed by atoms with van der Waals surface area (Å²) in [4.78, 5) is 16.3. The Hall–Kier alpha value is -1.24. The first-order chi connectivity index (χ1) is 8.92. The van der Waals surface area contributed by atoms with Crippen LogP contribution in [-0.4, -0.2) is 33.0 Å². The summed E-state index contributed by atoms with van der Waals surface area (Å²) in [5, 5.41) is 19.4. The van der Waals surface area contributed by atoms with Gasteiger partial charge in [-0.1, -0.05) is 0 Å². The number of aliphatic hydroxyl groups excluding tert-OH is 2. The summed E-state index contributed by atoms with van der Waals surface area (Å²) < 4.78 is 2.28. The van der Waals surface area contributed by atoms with Gasteiger partial charge in [0, 0.05) is 22.4 Å². The Kier molecular flexibility index (Phi) is 3.75. The predicted octanol–water partition coefficient (Wildman–Crippen LogP) is 1.04. The molecule has 0 saturated carbocycles. The normalized spacial score (nSPS) is 12.1. The molecule has 0 bridgehead atoms. The second-order valence-corrected chi connectivity index (χ2v) is 5.61. The number of aromatic nitrogens is 2. The molecule has 2 rings (SSSR count). The van der Waals surface area contributed by atoms with Gasteiger partial charge in [-0.15, -0.1) is 0 Å². The van der Waals surface area contributed by atoms with Crippen molar-refractivity contribution in [2.45, 2.75) is 12.5 Å². The fourth-order valence-electron chi connectivity index (χ4n) is 1.85. The van der Waals surface area contributed by atoms with E-state index in [2.05, 4.69) is 27.8 Å². The number of aliphatic hydroxyl groups is 2. The maximum absolute atomic E-state index is 12.1. The molecule has 0 aromatic carbocycles. The quantitative estimate of drug-likeness (QED) is 0.884. The molecule has 0 aliphatic heterocycles. The molecule has 0 aliphatic carbocycles. The molecule has 1 radical (unpaired) electrons. The highest BCUT2D eigenvalue weighted by Gasteiger charge is 2.27. The summed E-state index contributed by atoms with van der Waals surface area (Å²) in [6.07, 6.45) is 3.08. The smallest absolute Gasteiger partial charge is 0.194 e. The molecule has 6 heteroatoms. The van der Waals surface area contributed by atoms with Crippen LogP contribution in [0.5, 0.6) is 0 Å². The van der Waals surface area contributed by atoms with Crippen molar-refractivity contribution in [3.8, 4) is 0 Å². The van der Waals surface area contributed by atoms with Crippen LogP contribution in [0.2, 0.25) is 0 Å². The van der Waals surface area contributed by atoms with Crippen molar-refractivity contribution in [1.82, 2.24) is 9.55 Å². The lowest BCUT2D eigenvalue weighted by Crippen LogP contribution is -2.39. The second-order valence-electron chi connectivity index (χ2n) is 4.69. The van der Waals surface area contributed by atoms with Gasteiger partial charge >= 0.3 is 0 Å². The van der Waals surface area contributed by atoms with Crippen LogP contribution in [0.25, 0.3) is 11.0 Å². The van der Waals surface area contributed by atoms with Crippen LogP contribution in [0, 0.1) is 6.92 Å². The summed E-state index contributed by atoms with van der Waals surface area (Å²) in [6.45, 7) is 4.83. The van der Waals surface area contributed by atoms with E-state index in [9.17, 15) is 15.0 Å². The molecule has 19 heavy (non-hydrogen) atoms. The van der Waals surface area contributed by atoms with E-state index in [0.29, 0.717) is 21.1 Å². The van der Waals surface area contributed by atoms with Crippen LogP contribution < -0.4 is 5.43 Å². The van der Waals surface area contributed by atoms with Crippen LogP contribution in [-0.2, 0) is 5.54 Å². The lowest BCUT2D eigenvalue weighted by molar-refractivity contribution is 0.0803. The molecule has 2 N–H and O–H groups in total. The maximum Gasteiger partial charge on any atom is 0.194 e. The van der Waals surface area contributed by atoms with Crippen molar-refractivity contribution >= 4 is 27.0 Å². The largest absolute Gasteiger partial charge is 0.394 e. The molecule has 0 saturated heterocycles. The van der Waals surface area contributed by atoms with Crippen molar-refractivity contribution in [1.29, 1.82) is 0 Å². The number of hydrogen-bond donors (Lipinski definition) is 2. The van der Waals surface area contributed by atoms with Crippen LogP contribution in [0.1, 0.15) is 12.5 Å². The van der Waals surface area contributed by atoms with Gasteiger partial charge in [-0.05, 0) is 35.8 Å². The van der Waals surface area contributed by atoms with Gasteiger partial charge in [0.25, 0.3) is 0 Å². The van der Waals surface area contributed by atoms with Gasteiger partial charge in [0.1, 0.15) is 5.65 Å². The zero-order valence-electron chi connectivity index (χ0n) is 10.4. The minimum absolute atomic E-state index is 0.210. The number of rotatable bonds is 3. The first-order valence-electron chi connectivity index (χ1n) is 5.68. The average molecular weight is 326 g/mol. The van der Waals surface area contributed by atoms with Gasteiger partial charge in [0.15, 0.2) is 5.43 Å². The summed E-state index contributed by atoms with van der Waals surface area (Å²) in [7, 11) is 0. The number of hydrogen-bond acceptors (Lipinski definition) is 4. The fraction of sp³-hybridized carbons (Fsp3) is 0.308. The third kappa shape index (κ3) is 2.31. The molecule has 2 aromatic rings. The summed E-state index contributed by atoms with van der Waals surface area (Å²) >= 11 is 3.27. The second kappa shape index (κ2) is 5.03. The highest BCUT2D eigenvalue weighted by Crippen LogP contribution is 2.22. The third-order valence-corrected chi connectivity index (χ3v) is 3.58. The third-order valence-electron chi connectivity index (χ3n) is 3.15. The average Bonchev–Trinajstić information content (AvgIpc) is 2.42. The first kappa shape index (κ1) is 14.2. The van der Waals surface area contributed by atoms with Crippen molar-refractivity contribution in [2.75, 3.05) is 13.2 Å². The van der Waals surface area contributed by atoms with E-state index < -0.39 is 5.54 Å². The first-order valence-corrected chi connectivity index (χ1v) is 6.47. The van der Waals surface area contributed by atoms with Gasteiger partial charge in [-0.3, -0.25) is 4.79 Å². The van der Waals surface area contributed by atoms with Gasteiger partial charge in [0.2, 0.25) is 0 Å². The molecule has 2 aromatic heterocycles. The minimum atomic E-state index is -0.945. The molecule has 0 amide bonds. The van der Waals surface area contributed by atoms with Gasteiger partial charge in [-0.2, -0.15) is 0 Å². The summed E-state index contributed by atoms with van der Waals surface area (Å²) in [6, 6.07) is 1.66. The Morgan fingerprint density at radius 3 is 2.68 bits per heavy atom. The molecule has 5 nitrogen and oxygen atoms in total. The predicted molar refractivity (Wildman–Crippen MR) is 76.0 cm³/mol. The Morgan fingerprint density at radius 2 is 2.11 bits per heavy atom. The molecular weight excluding hydrogens is 312 g/mol. The molecular formula is C13H14BrN2O3. The molecule has 0 unspecified atom stereocenters. The van der Waals surface area contributed by atoms with Gasteiger partial charge < -0.3 is 14.8 Å². The van der Waals surface area contributed by atoms with E-state index in [1.807, 2.05) is 0 Å². The Bertz CT molecular complexity index is 677. The summed E-state index contributed by atoms with van der Waals surface area (Å²) in [5.41, 5.74) is -0.454. The zero-order chi connectivity index (χ0) is 14.2. The van der Waals surface area contributed by atoms with E-state index in [1.165, 1.54) is 6.20 Å². The van der Waals surface area contributed by atoms with E-state index in [1.54, 1.807) is 23.8 Å². The van der Waals surface area contributed by atoms with Crippen LogP contribution in [0.4, 0.5) is 0 Å². The van der Waals surface area contributed by atoms with E-state index >= 15 is 0 Å². The lowest BCUT2D eigenvalue weighted by atomic mass is 10.0. The number of fused-ring (bicyclic) bond motifs is 1. The highest BCUT2D eigenvalue weighted by atomic mass is 79.9. The number of pyridine rings is 2. The van der Waals surface area contributed by atoms with Crippen molar-refractivity contribution < 1.29 is 10.2 Å². The summed E-state index contributed by atoms with van der Waals surface area (Å²) in [5.74, 6) is 0. The van der Waals surface area contributed by atoms with Crippen LogP contribution in [0.15, 0.2) is 27.7 Å². The number of nitrogens with zero attached hydrogens (tertiary/aromatic N) is 2. The van der Waals surface area contributed by atoms with E-state index in [-0.39, 0.29) is 18.6 Å². The molecule has 101 valence electrons. The van der Waals surface area contributed by atoms with Crippen molar-refractivity contribution in [3.63, 3.8) is 0 Å². The van der Waals surface area contributed by atoms with Gasteiger partial charge in [0.05, 0.1) is 24.1 Å². The van der Waals surface area contributed by atoms with E-state index in [0.717, 1.165) is 0 Å². The Labute approximate surface area is 118 Å². The molecule has 0 aliphatic rings. The SMILES string of the molecule is [CH2]c1cn(C(C)(CO)CO)c2ncc(Br)cc2c1=O. The number of halogens is 1. The molecule has 0 fully saturated rings. The molecule has 0 atom stereocenters. The molecule has 0 spiro atoms. The topological polar surface area (TPSA) is 75.3 Å². The van der Waals surface area contributed by atoms with Crippen LogP contribution in [0.3, 0.4) is 0 Å². The Morgan fingerprint density at radius 1 is 1.47 bits per heavy atom. The highest BCUT2D eigenvalue weighted by molar-refractivity contribution is 9.10. The molecule has 2 heterocycles. The van der Waals surface area contributed by atoms with Crippen molar-refractivity contribution in [3.05, 3.63) is 45.6 Å². The van der Waals surface area contributed by atoms with Crippen molar-refractivity contribution in [2.24, 2.45) is 0 Å². The standard InChI is InChI=1S/C13H14BrN2O3/c1-8-5-16(13(2,6-17)7-18)12-10(11(8)19)3-9(14)4-15-12/h3-5,17-18H,1,6-7H2,2H3. The maximum atomic E-state index is 12.1. The Balaban J connectivity index is 2.90. The lowest BCUT2D eigenvalue weighted by Gasteiger charge is -2.29.